The van der Waals surface area contributed by atoms with Crippen LogP contribution in [0.1, 0.15) is 44.2 Å². The van der Waals surface area contributed by atoms with Crippen LogP contribution >= 0.6 is 15.9 Å². The molecule has 2 rings (SSSR count). The maximum absolute atomic E-state index is 10.6. The summed E-state index contributed by atoms with van der Waals surface area (Å²) in [4.78, 5) is 13.1. The molecule has 3 nitrogen and oxygen atoms in total. The minimum Gasteiger partial charge on any atom is -0.481 e. The molecule has 0 bridgehead atoms. The molecule has 1 heterocycles. The van der Waals surface area contributed by atoms with E-state index in [0.717, 1.165) is 36.8 Å². The summed E-state index contributed by atoms with van der Waals surface area (Å²) in [5, 5.41) is 8.74. The van der Waals surface area contributed by atoms with Gasteiger partial charge in [0.15, 0.2) is 0 Å². The minimum absolute atomic E-state index is 0.312. The molecule has 110 valence electrons. The van der Waals surface area contributed by atoms with Crippen LogP contribution in [0.5, 0.6) is 0 Å². The number of benzene rings is 1. The largest absolute Gasteiger partial charge is 0.481 e. The Labute approximate surface area is 129 Å². The van der Waals surface area contributed by atoms with Gasteiger partial charge in [-0.15, -0.1) is 0 Å². The van der Waals surface area contributed by atoms with Gasteiger partial charge in [-0.05, 0) is 62.9 Å². The Bertz CT molecular complexity index is 438. The average Bonchev–Trinajstić information content (AvgIpc) is 2.46. The number of rotatable bonds is 5. The second-order valence-electron chi connectivity index (χ2n) is 5.64. The van der Waals surface area contributed by atoms with Crippen molar-refractivity contribution in [3.8, 4) is 0 Å². The van der Waals surface area contributed by atoms with Gasteiger partial charge in [-0.2, -0.15) is 0 Å². The molecule has 1 unspecified atom stereocenters. The van der Waals surface area contributed by atoms with Crippen LogP contribution in [0.3, 0.4) is 0 Å². The molecule has 0 aliphatic carbocycles. The lowest BCUT2D eigenvalue weighted by Crippen LogP contribution is -2.35. The van der Waals surface area contributed by atoms with Crippen molar-refractivity contribution in [3.63, 3.8) is 0 Å². The van der Waals surface area contributed by atoms with Crippen molar-refractivity contribution in [2.75, 3.05) is 13.1 Å². The average molecular weight is 340 g/mol. The van der Waals surface area contributed by atoms with Crippen LogP contribution in [0.15, 0.2) is 28.7 Å². The molecule has 20 heavy (non-hydrogen) atoms. The molecule has 0 amide bonds. The molecule has 0 spiro atoms. The summed E-state index contributed by atoms with van der Waals surface area (Å²) >= 11 is 3.47. The molecule has 1 aromatic rings. The quantitative estimate of drug-likeness (QED) is 0.878. The Kier molecular flexibility index (Phi) is 5.61. The van der Waals surface area contributed by atoms with Crippen molar-refractivity contribution in [3.05, 3.63) is 34.3 Å². The number of carboxylic acids is 1. The molecule has 0 aromatic heterocycles. The second-order valence-corrected chi connectivity index (χ2v) is 6.55. The Morgan fingerprint density at radius 2 is 1.95 bits per heavy atom. The summed E-state index contributed by atoms with van der Waals surface area (Å²) in [5.41, 5.74) is 1.34. The van der Waals surface area contributed by atoms with Crippen molar-refractivity contribution >= 4 is 21.9 Å². The normalized spacial score (nSPS) is 18.9. The Balaban J connectivity index is 1.83. The highest BCUT2D eigenvalue weighted by Crippen LogP contribution is 2.29. The van der Waals surface area contributed by atoms with E-state index in [9.17, 15) is 4.79 Å². The van der Waals surface area contributed by atoms with Crippen molar-refractivity contribution in [2.24, 2.45) is 5.92 Å². The van der Waals surface area contributed by atoms with Crippen molar-refractivity contribution in [1.82, 2.24) is 4.90 Å². The second kappa shape index (κ2) is 7.23. The zero-order chi connectivity index (χ0) is 14.5. The molecule has 1 atom stereocenters. The van der Waals surface area contributed by atoms with Crippen LogP contribution < -0.4 is 0 Å². The summed E-state index contributed by atoms with van der Waals surface area (Å²) in [6.45, 7) is 4.39. The summed E-state index contributed by atoms with van der Waals surface area (Å²) in [6.07, 6.45) is 3.38. The highest BCUT2D eigenvalue weighted by Gasteiger charge is 2.23. The molecular weight excluding hydrogens is 318 g/mol. The summed E-state index contributed by atoms with van der Waals surface area (Å²) in [6, 6.07) is 8.96. The third-order valence-electron chi connectivity index (χ3n) is 4.32. The monoisotopic (exact) mass is 339 g/mol. The highest BCUT2D eigenvalue weighted by molar-refractivity contribution is 9.10. The molecule has 1 N–H and O–H groups in total. The van der Waals surface area contributed by atoms with Crippen molar-refractivity contribution in [1.29, 1.82) is 0 Å². The van der Waals surface area contributed by atoms with E-state index in [1.54, 1.807) is 0 Å². The fourth-order valence-electron chi connectivity index (χ4n) is 2.91. The summed E-state index contributed by atoms with van der Waals surface area (Å²) in [7, 11) is 0. The fourth-order valence-corrected chi connectivity index (χ4v) is 3.17. The highest BCUT2D eigenvalue weighted by atomic mass is 79.9. The number of aliphatic carboxylic acids is 1. The Morgan fingerprint density at radius 1 is 1.35 bits per heavy atom. The lowest BCUT2D eigenvalue weighted by molar-refractivity contribution is -0.137. The number of carbonyl (C=O) groups is 1. The molecule has 1 fully saturated rings. The number of hydrogen-bond acceptors (Lipinski definition) is 2. The standard InChI is InChI=1S/C16H22BrNO2/c1-12(14-3-5-15(17)6-4-14)18-10-8-13(9-11-18)2-7-16(19)20/h3-6,12-13H,2,7-11H2,1H3,(H,19,20). The molecule has 1 aliphatic rings. The topological polar surface area (TPSA) is 40.5 Å². The molecule has 0 saturated carbocycles. The first-order valence-electron chi connectivity index (χ1n) is 7.27. The Hall–Kier alpha value is -0.870. The van der Waals surface area contributed by atoms with E-state index in [0.29, 0.717) is 18.4 Å². The maximum atomic E-state index is 10.6. The predicted octanol–water partition coefficient (Wildman–Crippen LogP) is 4.09. The van der Waals surface area contributed by atoms with Gasteiger partial charge in [0, 0.05) is 16.9 Å². The van der Waals surface area contributed by atoms with E-state index >= 15 is 0 Å². The van der Waals surface area contributed by atoms with Gasteiger partial charge in [0.2, 0.25) is 0 Å². The number of likely N-dealkylation sites (tertiary alicyclic amines) is 1. The van der Waals surface area contributed by atoms with E-state index in [4.69, 9.17) is 5.11 Å². The van der Waals surface area contributed by atoms with E-state index in [2.05, 4.69) is 52.0 Å². The van der Waals surface area contributed by atoms with Crippen LogP contribution in [-0.4, -0.2) is 29.1 Å². The number of carboxylic acid groups (broad SMARTS) is 1. The van der Waals surface area contributed by atoms with E-state index < -0.39 is 5.97 Å². The third kappa shape index (κ3) is 4.32. The molecule has 1 aromatic carbocycles. The fraction of sp³-hybridized carbons (Fsp3) is 0.562. The number of halogens is 1. The lowest BCUT2D eigenvalue weighted by atomic mass is 9.91. The Morgan fingerprint density at radius 3 is 2.50 bits per heavy atom. The molecular formula is C16H22BrNO2. The van der Waals surface area contributed by atoms with Crippen LogP contribution in [0.2, 0.25) is 0 Å². The predicted molar refractivity (Wildman–Crippen MR) is 83.7 cm³/mol. The molecule has 1 saturated heterocycles. The van der Waals surface area contributed by atoms with Crippen LogP contribution in [0.4, 0.5) is 0 Å². The van der Waals surface area contributed by atoms with E-state index in [1.807, 2.05) is 0 Å². The lowest BCUT2D eigenvalue weighted by Gasteiger charge is -2.36. The number of piperidine rings is 1. The number of hydrogen-bond donors (Lipinski definition) is 1. The smallest absolute Gasteiger partial charge is 0.303 e. The summed E-state index contributed by atoms with van der Waals surface area (Å²) < 4.78 is 1.11. The molecule has 4 heteroatoms. The molecule has 1 aliphatic heterocycles. The third-order valence-corrected chi connectivity index (χ3v) is 4.84. The zero-order valence-electron chi connectivity index (χ0n) is 11.9. The zero-order valence-corrected chi connectivity index (χ0v) is 13.5. The SMILES string of the molecule is CC(c1ccc(Br)cc1)N1CCC(CCC(=O)O)CC1. The molecule has 0 radical (unpaired) electrons. The van der Waals surface area contributed by atoms with Crippen molar-refractivity contribution < 1.29 is 9.90 Å². The van der Waals surface area contributed by atoms with Gasteiger partial charge in [-0.3, -0.25) is 9.69 Å². The van der Waals surface area contributed by atoms with E-state index in [-0.39, 0.29) is 0 Å². The number of nitrogens with zero attached hydrogens (tertiary/aromatic N) is 1. The van der Waals surface area contributed by atoms with Crippen LogP contribution in [0.25, 0.3) is 0 Å². The first kappa shape index (κ1) is 15.5. The van der Waals surface area contributed by atoms with Crippen molar-refractivity contribution in [2.45, 2.75) is 38.6 Å². The minimum atomic E-state index is -0.671. The summed E-state index contributed by atoms with van der Waals surface area (Å²) in [5.74, 6) is -0.0878. The van der Waals surface area contributed by atoms with E-state index in [1.165, 1.54) is 5.56 Å². The van der Waals surface area contributed by atoms with Crippen LogP contribution in [-0.2, 0) is 4.79 Å². The maximum Gasteiger partial charge on any atom is 0.303 e. The van der Waals surface area contributed by atoms with Gasteiger partial charge in [0.25, 0.3) is 0 Å². The van der Waals surface area contributed by atoms with Gasteiger partial charge >= 0.3 is 5.97 Å². The van der Waals surface area contributed by atoms with Gasteiger partial charge < -0.3 is 5.11 Å². The van der Waals surface area contributed by atoms with Gasteiger partial charge in [-0.25, -0.2) is 0 Å². The first-order chi connectivity index (χ1) is 9.56. The van der Waals surface area contributed by atoms with Crippen LogP contribution in [0, 0.1) is 5.92 Å². The van der Waals surface area contributed by atoms with Gasteiger partial charge in [0.05, 0.1) is 0 Å². The van der Waals surface area contributed by atoms with Gasteiger partial charge in [-0.1, -0.05) is 28.1 Å². The van der Waals surface area contributed by atoms with Gasteiger partial charge in [0.1, 0.15) is 0 Å². The first-order valence-corrected chi connectivity index (χ1v) is 8.07.